The van der Waals surface area contributed by atoms with E-state index in [1.165, 1.54) is 74.7 Å². The third-order valence-corrected chi connectivity index (χ3v) is 16.5. The Hall–Kier alpha value is -6.14. The minimum atomic E-state index is -1.97. The van der Waals surface area contributed by atoms with E-state index in [4.69, 9.17) is 9.97 Å². The van der Waals surface area contributed by atoms with Gasteiger partial charge >= 0.3 is 0 Å². The molecule has 53 heavy (non-hydrogen) atoms. The van der Waals surface area contributed by atoms with E-state index in [2.05, 4.69) is 169 Å². The molecule has 1 aliphatic heterocycles. The van der Waals surface area contributed by atoms with E-state index >= 15 is 0 Å². The molecule has 0 saturated heterocycles. The number of thiophene rings is 1. The first-order valence-corrected chi connectivity index (χ1v) is 22.1. The van der Waals surface area contributed by atoms with Crippen LogP contribution in [0.2, 0.25) is 13.1 Å². The number of hydrogen-bond donors (Lipinski definition) is 0. The average molecular weight is 710 g/mol. The fraction of sp³-hybridized carbons (Fsp3) is 0.0417. The van der Waals surface area contributed by atoms with Crippen molar-refractivity contribution in [2.24, 2.45) is 0 Å². The lowest BCUT2D eigenvalue weighted by atomic mass is 10.00. The van der Waals surface area contributed by atoms with E-state index in [1.807, 2.05) is 0 Å². The van der Waals surface area contributed by atoms with Crippen LogP contribution in [0.3, 0.4) is 0 Å². The van der Waals surface area contributed by atoms with Crippen molar-refractivity contribution in [2.75, 3.05) is 0 Å². The van der Waals surface area contributed by atoms with E-state index < -0.39 is 8.07 Å². The molecule has 0 N–H and O–H groups in total. The fourth-order valence-electron chi connectivity index (χ4n) is 9.33. The van der Waals surface area contributed by atoms with Crippen molar-refractivity contribution in [2.45, 2.75) is 13.1 Å². The zero-order valence-corrected chi connectivity index (χ0v) is 31.0. The zero-order chi connectivity index (χ0) is 35.0. The van der Waals surface area contributed by atoms with Crippen LogP contribution in [0.1, 0.15) is 0 Å². The normalized spacial score (nSPS) is 13.6. The fourth-order valence-corrected chi connectivity index (χ4v) is 14.0. The summed E-state index contributed by atoms with van der Waals surface area (Å²) in [4.78, 5) is 11.2. The molecule has 4 heterocycles. The smallest absolute Gasteiger partial charge is 0.235 e. The van der Waals surface area contributed by atoms with E-state index in [0.29, 0.717) is 5.95 Å². The average Bonchev–Trinajstić information content (AvgIpc) is 3.82. The van der Waals surface area contributed by atoms with Crippen LogP contribution in [-0.2, 0) is 0 Å². The maximum atomic E-state index is 5.59. The van der Waals surface area contributed by atoms with Gasteiger partial charge in [0.25, 0.3) is 0 Å². The van der Waals surface area contributed by atoms with Crippen molar-refractivity contribution in [3.8, 4) is 28.3 Å². The summed E-state index contributed by atoms with van der Waals surface area (Å²) in [6.07, 6.45) is 0. The van der Waals surface area contributed by atoms with Gasteiger partial charge in [-0.05, 0) is 84.1 Å². The van der Waals surface area contributed by atoms with Gasteiger partial charge in [-0.15, -0.1) is 11.3 Å². The molecule has 11 aromatic rings. The van der Waals surface area contributed by atoms with Crippen molar-refractivity contribution in [3.63, 3.8) is 0 Å². The van der Waals surface area contributed by atoms with Gasteiger partial charge < -0.3 is 0 Å². The van der Waals surface area contributed by atoms with Gasteiger partial charge in [-0.2, -0.15) is 0 Å². The third kappa shape index (κ3) is 3.98. The van der Waals surface area contributed by atoms with Crippen LogP contribution in [0.15, 0.2) is 152 Å². The van der Waals surface area contributed by atoms with Gasteiger partial charge in [-0.3, -0.25) is 4.57 Å². The van der Waals surface area contributed by atoms with Gasteiger partial charge in [-0.1, -0.05) is 134 Å². The molecule has 3 aromatic heterocycles. The molecule has 0 fully saturated rings. The summed E-state index contributed by atoms with van der Waals surface area (Å²) < 4.78 is 4.67. The van der Waals surface area contributed by atoms with Gasteiger partial charge in [0.05, 0.1) is 26.9 Å². The Kier molecular flexibility index (Phi) is 5.82. The second-order valence-corrected chi connectivity index (χ2v) is 20.3. The molecule has 0 saturated carbocycles. The number of rotatable bonds is 2. The summed E-state index contributed by atoms with van der Waals surface area (Å²) in [5.74, 6) is 0.700. The summed E-state index contributed by atoms with van der Waals surface area (Å²) in [5, 5.41) is 14.2. The maximum Gasteiger partial charge on any atom is 0.235 e. The van der Waals surface area contributed by atoms with Crippen molar-refractivity contribution < 1.29 is 0 Å². The Morgan fingerprint density at radius 3 is 2.17 bits per heavy atom. The highest BCUT2D eigenvalue weighted by Crippen LogP contribution is 2.44. The molecule has 1 aliphatic rings. The van der Waals surface area contributed by atoms with E-state index in [0.717, 1.165) is 32.5 Å². The van der Waals surface area contributed by atoms with Crippen molar-refractivity contribution >= 4 is 104 Å². The van der Waals surface area contributed by atoms with Gasteiger partial charge in [0.2, 0.25) is 5.95 Å². The number of hydrogen-bond acceptors (Lipinski definition) is 3. The molecule has 12 rings (SSSR count). The molecule has 0 aliphatic carbocycles. The molecule has 0 radical (unpaired) electrons. The number of aromatic nitrogens is 3. The Bertz CT molecular complexity index is 3390. The highest BCUT2D eigenvalue weighted by atomic mass is 32.1. The first-order valence-electron chi connectivity index (χ1n) is 18.2. The number of para-hydroxylation sites is 1. The van der Waals surface area contributed by atoms with Gasteiger partial charge in [0.1, 0.15) is 8.07 Å². The zero-order valence-electron chi connectivity index (χ0n) is 29.2. The van der Waals surface area contributed by atoms with Crippen LogP contribution in [0.5, 0.6) is 0 Å². The monoisotopic (exact) mass is 709 g/mol. The Morgan fingerprint density at radius 1 is 0.528 bits per heavy atom. The lowest BCUT2D eigenvalue weighted by Crippen LogP contribution is -2.49. The summed E-state index contributed by atoms with van der Waals surface area (Å²) >= 11 is 1.80. The molecular formula is C48H31N3SSi. The van der Waals surface area contributed by atoms with E-state index in [9.17, 15) is 0 Å². The van der Waals surface area contributed by atoms with E-state index in [1.54, 1.807) is 11.3 Å². The molecule has 0 atom stereocenters. The lowest BCUT2D eigenvalue weighted by Gasteiger charge is -2.21. The summed E-state index contributed by atoms with van der Waals surface area (Å²) in [5.41, 5.74) is 8.11. The molecule has 3 nitrogen and oxygen atoms in total. The minimum absolute atomic E-state index is 0.700. The first kappa shape index (κ1) is 29.4. The standard InChI is InChI=1S/C48H31N3SSi/c1-53(2)42-18-10-8-16-35(42)36-23-21-31-26-38-34-15-7-9-17-39(34)51(40(38)27-37(31)47(36)53)48-49-44(32-20-19-28-11-3-4-13-30(28)25-32)46-45(50-48)43-33-14-6-5-12-29(33)22-24-41(43)52-46/h3-27H,1-2H3. The predicted octanol–water partition coefficient (Wildman–Crippen LogP) is 11.9. The van der Waals surface area contributed by atoms with Crippen LogP contribution in [-0.4, -0.2) is 22.6 Å². The third-order valence-electron chi connectivity index (χ3n) is 11.7. The molecule has 0 amide bonds. The van der Waals surface area contributed by atoms with Crippen LogP contribution in [0.4, 0.5) is 0 Å². The Labute approximate surface area is 310 Å². The van der Waals surface area contributed by atoms with Crippen LogP contribution in [0, 0.1) is 0 Å². The van der Waals surface area contributed by atoms with Gasteiger partial charge in [0.15, 0.2) is 0 Å². The summed E-state index contributed by atoms with van der Waals surface area (Å²) in [6.45, 7) is 5.02. The minimum Gasteiger partial charge on any atom is -0.278 e. The van der Waals surface area contributed by atoms with Crippen molar-refractivity contribution in [1.82, 2.24) is 14.5 Å². The molecule has 8 aromatic carbocycles. The lowest BCUT2D eigenvalue weighted by molar-refractivity contribution is 1.02. The number of fused-ring (bicyclic) bond motifs is 14. The van der Waals surface area contributed by atoms with Crippen LogP contribution in [0.25, 0.3) is 103 Å². The summed E-state index contributed by atoms with van der Waals surface area (Å²) in [7, 11) is -1.97. The largest absolute Gasteiger partial charge is 0.278 e. The Balaban J connectivity index is 1.22. The van der Waals surface area contributed by atoms with E-state index in [-0.39, 0.29) is 0 Å². The number of benzene rings is 8. The molecule has 0 unspecified atom stereocenters. The highest BCUT2D eigenvalue weighted by Gasteiger charge is 2.38. The predicted molar refractivity (Wildman–Crippen MR) is 229 cm³/mol. The topological polar surface area (TPSA) is 30.7 Å². The summed E-state index contributed by atoms with van der Waals surface area (Å²) in [6, 6.07) is 55.8. The SMILES string of the molecule is C[Si]1(C)c2ccccc2-c2ccc3cc4c5ccccc5n(-c5nc(-c6ccc7ccccc7c6)c6sc7ccc8ccccc8c7c6n5)c4cc3c21. The van der Waals surface area contributed by atoms with Crippen molar-refractivity contribution in [1.29, 1.82) is 0 Å². The van der Waals surface area contributed by atoms with Crippen LogP contribution >= 0.6 is 11.3 Å². The Morgan fingerprint density at radius 2 is 1.26 bits per heavy atom. The molecule has 5 heteroatoms. The number of nitrogens with zero attached hydrogens (tertiary/aromatic N) is 3. The quantitative estimate of drug-likeness (QED) is 0.167. The maximum absolute atomic E-state index is 5.59. The van der Waals surface area contributed by atoms with Crippen molar-refractivity contribution in [3.05, 3.63) is 152 Å². The second-order valence-electron chi connectivity index (χ2n) is 15.0. The van der Waals surface area contributed by atoms with Gasteiger partial charge in [0, 0.05) is 26.4 Å². The molecule has 0 bridgehead atoms. The first-order chi connectivity index (χ1) is 26.0. The molecule has 248 valence electrons. The molecule has 0 spiro atoms. The molecular weight excluding hydrogens is 679 g/mol. The second kappa shape index (κ2) is 10.5. The van der Waals surface area contributed by atoms with Gasteiger partial charge in [-0.25, -0.2) is 9.97 Å². The highest BCUT2D eigenvalue weighted by molar-refractivity contribution is 7.26. The van der Waals surface area contributed by atoms with Crippen LogP contribution < -0.4 is 10.4 Å².